The smallest absolute Gasteiger partial charge is 0.0237 e. The molecule has 132 valence electrons. The van der Waals surface area contributed by atoms with Gasteiger partial charge in [0.2, 0.25) is 0 Å². The first kappa shape index (κ1) is 17.1. The van der Waals surface area contributed by atoms with Crippen LogP contribution in [0.5, 0.6) is 0 Å². The highest BCUT2D eigenvalue weighted by atomic mass is 14.3. The predicted octanol–water partition coefficient (Wildman–Crippen LogP) is 7.22. The molecule has 0 aromatic heterocycles. The fourth-order valence-electron chi connectivity index (χ4n) is 4.71. The third-order valence-electron chi connectivity index (χ3n) is 5.84. The molecule has 26 heavy (non-hydrogen) atoms. The Hall–Kier alpha value is -2.34. The Kier molecular flexibility index (Phi) is 4.03. The summed E-state index contributed by atoms with van der Waals surface area (Å²) in [6.45, 7) is 11.3. The molecular formula is C26H28. The van der Waals surface area contributed by atoms with Gasteiger partial charge in [-0.25, -0.2) is 0 Å². The Morgan fingerprint density at radius 2 is 1.73 bits per heavy atom. The van der Waals surface area contributed by atoms with E-state index in [1.807, 2.05) is 0 Å². The molecule has 0 bridgehead atoms. The zero-order chi connectivity index (χ0) is 18.5. The second-order valence-corrected chi connectivity index (χ2v) is 8.64. The van der Waals surface area contributed by atoms with E-state index < -0.39 is 0 Å². The molecule has 0 amide bonds. The summed E-state index contributed by atoms with van der Waals surface area (Å²) in [5, 5.41) is 0. The van der Waals surface area contributed by atoms with Crippen molar-refractivity contribution in [2.75, 3.05) is 0 Å². The summed E-state index contributed by atoms with van der Waals surface area (Å²) < 4.78 is 0. The van der Waals surface area contributed by atoms with Gasteiger partial charge in [0.25, 0.3) is 0 Å². The van der Waals surface area contributed by atoms with Crippen molar-refractivity contribution >= 4 is 0 Å². The molecule has 4 rings (SSSR count). The molecule has 0 saturated carbocycles. The van der Waals surface area contributed by atoms with Crippen molar-refractivity contribution in [1.29, 1.82) is 0 Å². The van der Waals surface area contributed by atoms with Crippen molar-refractivity contribution < 1.29 is 0 Å². The molecule has 0 radical (unpaired) electrons. The van der Waals surface area contributed by atoms with Crippen LogP contribution in [-0.2, 0) is 6.42 Å². The van der Waals surface area contributed by atoms with Crippen LogP contribution in [0.4, 0.5) is 0 Å². The molecule has 0 heterocycles. The summed E-state index contributed by atoms with van der Waals surface area (Å²) in [7, 11) is 0. The van der Waals surface area contributed by atoms with Crippen LogP contribution in [0.3, 0.4) is 0 Å². The maximum atomic E-state index is 2.49. The fraction of sp³-hybridized carbons (Fsp3) is 0.308. The Morgan fingerprint density at radius 3 is 2.50 bits per heavy atom. The van der Waals surface area contributed by atoms with Gasteiger partial charge in [0.1, 0.15) is 0 Å². The largest absolute Gasteiger partial charge is 0.0796 e. The first-order valence-corrected chi connectivity index (χ1v) is 9.63. The number of hydrogen-bond acceptors (Lipinski definition) is 0. The Bertz CT molecular complexity index is 959. The molecule has 2 aliphatic carbocycles. The first-order chi connectivity index (χ1) is 12.4. The molecule has 0 nitrogen and oxygen atoms in total. The lowest BCUT2D eigenvalue weighted by Gasteiger charge is -2.22. The maximum Gasteiger partial charge on any atom is 0.0237 e. The Balaban J connectivity index is 1.77. The number of hydrogen-bond donors (Lipinski definition) is 0. The van der Waals surface area contributed by atoms with Gasteiger partial charge in [-0.05, 0) is 60.6 Å². The van der Waals surface area contributed by atoms with Crippen molar-refractivity contribution in [3.8, 4) is 11.1 Å². The maximum absolute atomic E-state index is 2.49. The normalized spacial score (nSPS) is 18.1. The molecular weight excluding hydrogens is 312 g/mol. The molecule has 0 fully saturated rings. The van der Waals surface area contributed by atoms with E-state index in [-0.39, 0.29) is 5.41 Å². The monoisotopic (exact) mass is 340 g/mol. The van der Waals surface area contributed by atoms with E-state index in [0.717, 1.165) is 6.42 Å². The van der Waals surface area contributed by atoms with Gasteiger partial charge >= 0.3 is 0 Å². The van der Waals surface area contributed by atoms with Gasteiger partial charge in [0.15, 0.2) is 0 Å². The Labute approximate surface area is 158 Å². The quantitative estimate of drug-likeness (QED) is 0.441. The molecule has 0 heteroatoms. The van der Waals surface area contributed by atoms with Crippen molar-refractivity contribution in [3.05, 3.63) is 94.1 Å². The minimum atomic E-state index is 0.0791. The van der Waals surface area contributed by atoms with Crippen LogP contribution in [0.25, 0.3) is 11.1 Å². The average molecular weight is 341 g/mol. The van der Waals surface area contributed by atoms with Crippen molar-refractivity contribution in [3.63, 3.8) is 0 Å². The van der Waals surface area contributed by atoms with E-state index in [2.05, 4.69) is 95.3 Å². The summed E-state index contributed by atoms with van der Waals surface area (Å²) >= 11 is 0. The third kappa shape index (κ3) is 2.78. The van der Waals surface area contributed by atoms with Gasteiger partial charge < -0.3 is 0 Å². The number of rotatable bonds is 3. The highest BCUT2D eigenvalue weighted by Gasteiger charge is 2.29. The van der Waals surface area contributed by atoms with E-state index in [1.54, 1.807) is 0 Å². The van der Waals surface area contributed by atoms with Crippen LogP contribution in [0.15, 0.2) is 77.4 Å². The summed E-state index contributed by atoms with van der Waals surface area (Å²) in [4.78, 5) is 0. The predicted molar refractivity (Wildman–Crippen MR) is 112 cm³/mol. The number of allylic oxidation sites excluding steroid dienone is 6. The van der Waals surface area contributed by atoms with Gasteiger partial charge in [-0.1, -0.05) is 85.7 Å². The minimum Gasteiger partial charge on any atom is -0.0796 e. The Morgan fingerprint density at radius 1 is 1.00 bits per heavy atom. The molecule has 1 unspecified atom stereocenters. The lowest BCUT2D eigenvalue weighted by molar-refractivity contribution is 0.590. The van der Waals surface area contributed by atoms with Crippen LogP contribution >= 0.6 is 0 Å². The molecule has 2 aliphatic rings. The first-order valence-electron chi connectivity index (χ1n) is 9.63. The van der Waals surface area contributed by atoms with Crippen molar-refractivity contribution in [2.24, 2.45) is 5.41 Å². The van der Waals surface area contributed by atoms with Crippen LogP contribution in [0.1, 0.15) is 57.2 Å². The lowest BCUT2D eigenvalue weighted by Crippen LogP contribution is -2.09. The van der Waals surface area contributed by atoms with E-state index in [1.165, 1.54) is 44.5 Å². The minimum absolute atomic E-state index is 0.0791. The molecule has 2 aromatic carbocycles. The summed E-state index contributed by atoms with van der Waals surface area (Å²) in [5.41, 5.74) is 11.7. The lowest BCUT2D eigenvalue weighted by atomic mass is 9.82. The number of benzene rings is 2. The molecule has 0 saturated heterocycles. The van der Waals surface area contributed by atoms with Gasteiger partial charge in [-0.15, -0.1) is 0 Å². The molecule has 0 aliphatic heterocycles. The van der Waals surface area contributed by atoms with E-state index >= 15 is 0 Å². The van der Waals surface area contributed by atoms with Crippen molar-refractivity contribution in [1.82, 2.24) is 0 Å². The van der Waals surface area contributed by atoms with Gasteiger partial charge in [0, 0.05) is 11.3 Å². The van der Waals surface area contributed by atoms with Crippen LogP contribution < -0.4 is 0 Å². The van der Waals surface area contributed by atoms with Gasteiger partial charge in [0.05, 0.1) is 0 Å². The zero-order valence-corrected chi connectivity index (χ0v) is 16.6. The van der Waals surface area contributed by atoms with Gasteiger partial charge in [-0.2, -0.15) is 0 Å². The van der Waals surface area contributed by atoms with Crippen LogP contribution in [-0.4, -0.2) is 0 Å². The number of fused-ring (bicyclic) bond motifs is 3. The third-order valence-corrected chi connectivity index (χ3v) is 5.84. The van der Waals surface area contributed by atoms with E-state index in [4.69, 9.17) is 0 Å². The molecule has 1 atom stereocenters. The van der Waals surface area contributed by atoms with Crippen molar-refractivity contribution in [2.45, 2.75) is 47.0 Å². The average Bonchev–Trinajstić information content (AvgIpc) is 3.14. The summed E-state index contributed by atoms with van der Waals surface area (Å²) in [6, 6.07) is 15.7. The molecule has 0 spiro atoms. The van der Waals surface area contributed by atoms with E-state index in [0.29, 0.717) is 5.92 Å². The highest BCUT2D eigenvalue weighted by molar-refractivity contribution is 5.78. The summed E-state index contributed by atoms with van der Waals surface area (Å²) in [5.74, 6) is 0.402. The van der Waals surface area contributed by atoms with Crippen LogP contribution in [0, 0.1) is 5.41 Å². The molecule has 2 aromatic rings. The van der Waals surface area contributed by atoms with E-state index in [9.17, 15) is 0 Å². The topological polar surface area (TPSA) is 0 Å². The van der Waals surface area contributed by atoms with Gasteiger partial charge in [-0.3, -0.25) is 0 Å². The molecule has 0 N–H and O–H groups in total. The highest BCUT2D eigenvalue weighted by Crippen LogP contribution is 2.46. The SMILES string of the molecule is CC(C)=CC(C)(C)C1=CC(c2cccc3c2Cc2ccccc2-3)C(C)=C1. The zero-order valence-electron chi connectivity index (χ0n) is 16.6. The standard InChI is InChI=1S/C26H28/c1-17(2)16-26(4,5)20-13-18(3)24(15-20)23-12-8-11-22-21-10-7-6-9-19(21)14-25(22)23/h6-13,15-16,24H,14H2,1-5H3. The van der Waals surface area contributed by atoms with Crippen LogP contribution in [0.2, 0.25) is 0 Å². The summed E-state index contributed by atoms with van der Waals surface area (Å²) in [6.07, 6.45) is 8.35. The fourth-order valence-corrected chi connectivity index (χ4v) is 4.71. The second-order valence-electron chi connectivity index (χ2n) is 8.64. The second kappa shape index (κ2) is 6.13.